The van der Waals surface area contributed by atoms with Crippen molar-refractivity contribution in [3.8, 4) is 0 Å². The molecule has 2 nitrogen and oxygen atoms in total. The highest BCUT2D eigenvalue weighted by atomic mass is 35.5. The summed E-state index contributed by atoms with van der Waals surface area (Å²) >= 11 is 6.30. The Morgan fingerprint density at radius 2 is 2.06 bits per heavy atom. The van der Waals surface area contributed by atoms with E-state index in [1.165, 1.54) is 24.9 Å². The highest BCUT2D eigenvalue weighted by Crippen LogP contribution is 2.41. The molecule has 0 bridgehead atoms. The second-order valence-electron chi connectivity index (χ2n) is 5.82. The quantitative estimate of drug-likeness (QED) is 0.890. The first kappa shape index (κ1) is 12.5. The van der Waals surface area contributed by atoms with Crippen molar-refractivity contribution < 1.29 is 0 Å². The molecule has 0 spiro atoms. The van der Waals surface area contributed by atoms with Crippen molar-refractivity contribution in [2.75, 3.05) is 13.1 Å². The van der Waals surface area contributed by atoms with E-state index < -0.39 is 0 Å². The smallest absolute Gasteiger partial charge is 0.0453 e. The summed E-state index contributed by atoms with van der Waals surface area (Å²) in [6.07, 6.45) is 2.52. The average molecular weight is 265 g/mol. The van der Waals surface area contributed by atoms with E-state index in [-0.39, 0.29) is 0 Å². The molecule has 18 heavy (non-hydrogen) atoms. The van der Waals surface area contributed by atoms with Crippen LogP contribution in [0.25, 0.3) is 0 Å². The minimum Gasteiger partial charge on any atom is -0.327 e. The number of halogens is 1. The zero-order valence-corrected chi connectivity index (χ0v) is 11.6. The molecule has 2 fully saturated rings. The second-order valence-corrected chi connectivity index (χ2v) is 6.22. The lowest BCUT2D eigenvalue weighted by Crippen LogP contribution is -2.31. The van der Waals surface area contributed by atoms with Crippen LogP contribution in [0.1, 0.15) is 31.4 Å². The summed E-state index contributed by atoms with van der Waals surface area (Å²) in [5, 5.41) is 0.881. The van der Waals surface area contributed by atoms with Crippen LogP contribution in [0.4, 0.5) is 0 Å². The molecular weight excluding hydrogens is 244 g/mol. The molecule has 0 aromatic heterocycles. The fourth-order valence-electron chi connectivity index (χ4n) is 3.67. The maximum atomic E-state index is 6.30. The third kappa shape index (κ3) is 2.07. The van der Waals surface area contributed by atoms with Gasteiger partial charge in [0.15, 0.2) is 0 Å². The lowest BCUT2D eigenvalue weighted by molar-refractivity contribution is 0.239. The van der Waals surface area contributed by atoms with Gasteiger partial charge in [0.05, 0.1) is 0 Å². The predicted octanol–water partition coefficient (Wildman–Crippen LogP) is 3.07. The zero-order chi connectivity index (χ0) is 12.7. The van der Waals surface area contributed by atoms with Crippen molar-refractivity contribution in [2.24, 2.45) is 17.6 Å². The zero-order valence-electron chi connectivity index (χ0n) is 10.8. The minimum absolute atomic E-state index is 0.400. The van der Waals surface area contributed by atoms with Gasteiger partial charge >= 0.3 is 0 Å². The van der Waals surface area contributed by atoms with Gasteiger partial charge in [-0.25, -0.2) is 0 Å². The summed E-state index contributed by atoms with van der Waals surface area (Å²) < 4.78 is 0. The van der Waals surface area contributed by atoms with Gasteiger partial charge in [0.2, 0.25) is 0 Å². The molecule has 1 aromatic carbocycles. The summed E-state index contributed by atoms with van der Waals surface area (Å²) in [7, 11) is 0. The SMILES string of the molecule is CC(c1ccccc1Cl)N1CC2CCC(N)C2C1. The molecule has 3 heteroatoms. The van der Waals surface area contributed by atoms with Crippen LogP contribution >= 0.6 is 11.6 Å². The van der Waals surface area contributed by atoms with Crippen LogP contribution in [0.3, 0.4) is 0 Å². The number of hydrogen-bond donors (Lipinski definition) is 1. The molecule has 3 rings (SSSR count). The van der Waals surface area contributed by atoms with Gasteiger partial charge in [0.25, 0.3) is 0 Å². The lowest BCUT2D eigenvalue weighted by atomic mass is 9.98. The average Bonchev–Trinajstić information content (AvgIpc) is 2.92. The minimum atomic E-state index is 0.400. The predicted molar refractivity (Wildman–Crippen MR) is 75.6 cm³/mol. The molecule has 0 amide bonds. The topological polar surface area (TPSA) is 29.3 Å². The Hall–Kier alpha value is -0.570. The third-order valence-electron chi connectivity index (χ3n) is 4.84. The van der Waals surface area contributed by atoms with Gasteiger partial charge in [0.1, 0.15) is 0 Å². The maximum Gasteiger partial charge on any atom is 0.0453 e. The van der Waals surface area contributed by atoms with Crippen LogP contribution in [0.2, 0.25) is 5.02 Å². The first-order valence-electron chi connectivity index (χ1n) is 6.91. The van der Waals surface area contributed by atoms with E-state index >= 15 is 0 Å². The number of likely N-dealkylation sites (tertiary alicyclic amines) is 1. The summed E-state index contributed by atoms with van der Waals surface area (Å²) in [6.45, 7) is 4.58. The van der Waals surface area contributed by atoms with E-state index in [4.69, 9.17) is 17.3 Å². The molecule has 4 unspecified atom stereocenters. The van der Waals surface area contributed by atoms with Crippen molar-refractivity contribution in [1.29, 1.82) is 0 Å². The lowest BCUT2D eigenvalue weighted by Gasteiger charge is -2.26. The van der Waals surface area contributed by atoms with E-state index in [1.54, 1.807) is 0 Å². The highest BCUT2D eigenvalue weighted by molar-refractivity contribution is 6.31. The molecule has 2 aliphatic rings. The Morgan fingerprint density at radius 1 is 1.28 bits per heavy atom. The summed E-state index contributed by atoms with van der Waals surface area (Å²) in [5.74, 6) is 1.51. The van der Waals surface area contributed by atoms with Crippen LogP contribution in [-0.4, -0.2) is 24.0 Å². The van der Waals surface area contributed by atoms with E-state index in [9.17, 15) is 0 Å². The number of rotatable bonds is 2. The number of benzene rings is 1. The van der Waals surface area contributed by atoms with Gasteiger partial charge < -0.3 is 5.73 Å². The van der Waals surface area contributed by atoms with Gasteiger partial charge in [0, 0.05) is 30.2 Å². The van der Waals surface area contributed by atoms with Crippen molar-refractivity contribution >= 4 is 11.6 Å². The Balaban J connectivity index is 1.75. The first-order chi connectivity index (χ1) is 8.66. The molecule has 1 aliphatic carbocycles. The third-order valence-corrected chi connectivity index (χ3v) is 5.19. The molecule has 2 N–H and O–H groups in total. The summed E-state index contributed by atoms with van der Waals surface area (Å²) in [6, 6.07) is 9.00. The van der Waals surface area contributed by atoms with Crippen molar-refractivity contribution in [3.05, 3.63) is 34.9 Å². The Labute approximate surface area is 114 Å². The van der Waals surface area contributed by atoms with E-state index in [0.717, 1.165) is 17.5 Å². The van der Waals surface area contributed by atoms with Gasteiger partial charge in [-0.15, -0.1) is 0 Å². The molecule has 0 radical (unpaired) electrons. The van der Waals surface area contributed by atoms with Crippen molar-refractivity contribution in [1.82, 2.24) is 4.90 Å². The van der Waals surface area contributed by atoms with E-state index in [1.807, 2.05) is 12.1 Å². The van der Waals surface area contributed by atoms with Crippen molar-refractivity contribution in [3.63, 3.8) is 0 Å². The number of fused-ring (bicyclic) bond motifs is 1. The highest BCUT2D eigenvalue weighted by Gasteiger charge is 2.42. The molecule has 1 saturated heterocycles. The molecule has 1 saturated carbocycles. The Kier molecular flexibility index (Phi) is 3.35. The molecule has 4 atom stereocenters. The maximum absolute atomic E-state index is 6.30. The van der Waals surface area contributed by atoms with E-state index in [0.29, 0.717) is 18.0 Å². The largest absolute Gasteiger partial charge is 0.327 e. The van der Waals surface area contributed by atoms with Crippen LogP contribution in [0.5, 0.6) is 0 Å². The Bertz CT molecular complexity index is 434. The van der Waals surface area contributed by atoms with Crippen LogP contribution in [0, 0.1) is 11.8 Å². The first-order valence-corrected chi connectivity index (χ1v) is 7.28. The fourth-order valence-corrected chi connectivity index (χ4v) is 3.96. The number of hydrogen-bond acceptors (Lipinski definition) is 2. The molecule has 1 heterocycles. The molecule has 1 aromatic rings. The summed E-state index contributed by atoms with van der Waals surface area (Å²) in [4.78, 5) is 2.55. The standard InChI is InChI=1S/C15H21ClN2/c1-10(12-4-2-3-5-14(12)16)18-8-11-6-7-15(17)13(11)9-18/h2-5,10-11,13,15H,6-9,17H2,1H3. The number of nitrogens with zero attached hydrogens (tertiary/aromatic N) is 1. The second kappa shape index (κ2) is 4.84. The molecular formula is C15H21ClN2. The summed E-state index contributed by atoms with van der Waals surface area (Å²) in [5.41, 5.74) is 7.44. The van der Waals surface area contributed by atoms with E-state index in [2.05, 4.69) is 24.0 Å². The van der Waals surface area contributed by atoms with Crippen molar-refractivity contribution in [2.45, 2.75) is 31.8 Å². The van der Waals surface area contributed by atoms with Crippen LogP contribution in [0.15, 0.2) is 24.3 Å². The normalized spacial score (nSPS) is 33.6. The monoisotopic (exact) mass is 264 g/mol. The fraction of sp³-hybridized carbons (Fsp3) is 0.600. The van der Waals surface area contributed by atoms with Crippen LogP contribution < -0.4 is 5.73 Å². The van der Waals surface area contributed by atoms with Crippen LogP contribution in [-0.2, 0) is 0 Å². The van der Waals surface area contributed by atoms with Gasteiger partial charge in [-0.1, -0.05) is 29.8 Å². The molecule has 1 aliphatic heterocycles. The number of nitrogens with two attached hydrogens (primary N) is 1. The molecule has 98 valence electrons. The Morgan fingerprint density at radius 3 is 2.78 bits per heavy atom. The van der Waals surface area contributed by atoms with Gasteiger partial charge in [-0.2, -0.15) is 0 Å². The van der Waals surface area contributed by atoms with Gasteiger partial charge in [-0.3, -0.25) is 4.90 Å². The van der Waals surface area contributed by atoms with Gasteiger partial charge in [-0.05, 0) is 43.2 Å².